The summed E-state index contributed by atoms with van der Waals surface area (Å²) in [5.74, 6) is -0.531. The maximum Gasteiger partial charge on any atom is 0.260 e. The molecule has 2 heterocycles. The number of amides is 1. The summed E-state index contributed by atoms with van der Waals surface area (Å²) in [4.78, 5) is 18.4. The van der Waals surface area contributed by atoms with Crippen LogP contribution >= 0.6 is 0 Å². The second-order valence-corrected chi connectivity index (χ2v) is 5.33. The fourth-order valence-electron chi connectivity index (χ4n) is 2.57. The average Bonchev–Trinajstić information content (AvgIpc) is 2.82. The minimum absolute atomic E-state index is 0.179. The van der Waals surface area contributed by atoms with Gasteiger partial charge in [-0.3, -0.25) is 9.78 Å². The predicted octanol–water partition coefficient (Wildman–Crippen LogP) is 3.30. The van der Waals surface area contributed by atoms with Gasteiger partial charge in [0.15, 0.2) is 0 Å². The first-order valence-corrected chi connectivity index (χ1v) is 6.92. The molecule has 1 aromatic carbocycles. The van der Waals surface area contributed by atoms with Crippen molar-refractivity contribution in [2.45, 2.75) is 6.92 Å². The molecule has 0 aliphatic rings. The number of aryl methyl sites for hydroxylation is 2. The van der Waals surface area contributed by atoms with Crippen LogP contribution in [0.4, 0.5) is 10.1 Å². The Morgan fingerprint density at radius 1 is 1.27 bits per heavy atom. The summed E-state index contributed by atoms with van der Waals surface area (Å²) in [6.45, 7) is 1.87. The number of hydrogen-bond acceptors (Lipinski definition) is 2. The van der Waals surface area contributed by atoms with Crippen molar-refractivity contribution < 1.29 is 9.18 Å². The molecular weight excluding hydrogens is 281 g/mol. The van der Waals surface area contributed by atoms with Gasteiger partial charge >= 0.3 is 0 Å². The summed E-state index contributed by atoms with van der Waals surface area (Å²) in [6.07, 6.45) is 3.40. The van der Waals surface area contributed by atoms with Gasteiger partial charge in [-0.1, -0.05) is 0 Å². The van der Waals surface area contributed by atoms with E-state index < -0.39 is 0 Å². The van der Waals surface area contributed by atoms with Gasteiger partial charge in [0, 0.05) is 48.8 Å². The molecule has 0 bridgehead atoms. The lowest BCUT2D eigenvalue weighted by Gasteiger charge is -2.17. The zero-order chi connectivity index (χ0) is 15.9. The van der Waals surface area contributed by atoms with Gasteiger partial charge in [-0.25, -0.2) is 4.39 Å². The molecule has 112 valence electrons. The van der Waals surface area contributed by atoms with Crippen LogP contribution in [0.3, 0.4) is 0 Å². The van der Waals surface area contributed by atoms with Crippen LogP contribution in [0.15, 0.2) is 42.7 Å². The Labute approximate surface area is 127 Å². The molecule has 0 aliphatic carbocycles. The molecule has 0 N–H and O–H groups in total. The number of halogens is 1. The number of pyridine rings is 1. The topological polar surface area (TPSA) is 38.1 Å². The number of benzene rings is 1. The van der Waals surface area contributed by atoms with Crippen LogP contribution < -0.4 is 4.90 Å². The lowest BCUT2D eigenvalue weighted by Crippen LogP contribution is -2.26. The molecule has 0 spiro atoms. The fourth-order valence-corrected chi connectivity index (χ4v) is 2.57. The van der Waals surface area contributed by atoms with Crippen LogP contribution in [0.5, 0.6) is 0 Å². The lowest BCUT2D eigenvalue weighted by atomic mass is 10.1. The number of carbonyl (C=O) groups is 1. The lowest BCUT2D eigenvalue weighted by molar-refractivity contribution is 0.0994. The van der Waals surface area contributed by atoms with E-state index in [1.807, 2.05) is 24.6 Å². The molecular formula is C17H16FN3O. The zero-order valence-electron chi connectivity index (χ0n) is 12.7. The van der Waals surface area contributed by atoms with E-state index in [0.29, 0.717) is 10.9 Å². The van der Waals surface area contributed by atoms with Gasteiger partial charge in [0.25, 0.3) is 5.91 Å². The Bertz CT molecular complexity index is 869. The number of hydrogen-bond donors (Lipinski definition) is 0. The fraction of sp³-hybridized carbons (Fsp3) is 0.176. The summed E-state index contributed by atoms with van der Waals surface area (Å²) in [7, 11) is 3.54. The number of rotatable bonds is 2. The number of nitrogens with zero attached hydrogens (tertiary/aromatic N) is 3. The molecule has 0 saturated carbocycles. The molecule has 0 fully saturated rings. The Balaban J connectivity index is 2.07. The Morgan fingerprint density at radius 3 is 2.77 bits per heavy atom. The minimum atomic E-state index is -0.352. The zero-order valence-corrected chi connectivity index (χ0v) is 12.7. The van der Waals surface area contributed by atoms with Crippen molar-refractivity contribution >= 4 is 22.5 Å². The number of fused-ring (bicyclic) bond motifs is 1. The van der Waals surface area contributed by atoms with Crippen LogP contribution in [-0.2, 0) is 7.05 Å². The van der Waals surface area contributed by atoms with Gasteiger partial charge in [0.05, 0.1) is 5.56 Å². The largest absolute Gasteiger partial charge is 0.350 e. The number of aromatic nitrogens is 2. The van der Waals surface area contributed by atoms with Gasteiger partial charge in [-0.2, -0.15) is 0 Å². The maximum absolute atomic E-state index is 13.5. The molecule has 0 radical (unpaired) electrons. The molecule has 4 nitrogen and oxygen atoms in total. The first-order valence-electron chi connectivity index (χ1n) is 6.92. The normalized spacial score (nSPS) is 10.9. The molecule has 0 atom stereocenters. The maximum atomic E-state index is 13.5. The summed E-state index contributed by atoms with van der Waals surface area (Å²) in [6, 6.07) is 8.08. The predicted molar refractivity (Wildman–Crippen MR) is 84.6 cm³/mol. The Hall–Kier alpha value is -2.69. The van der Waals surface area contributed by atoms with E-state index >= 15 is 0 Å². The van der Waals surface area contributed by atoms with Crippen molar-refractivity contribution in [1.82, 2.24) is 9.55 Å². The summed E-state index contributed by atoms with van der Waals surface area (Å²) in [5.41, 5.74) is 2.89. The third-order valence-electron chi connectivity index (χ3n) is 3.75. The molecule has 2 aromatic heterocycles. The van der Waals surface area contributed by atoms with E-state index in [2.05, 4.69) is 4.98 Å². The van der Waals surface area contributed by atoms with E-state index in [1.54, 1.807) is 36.5 Å². The smallest absolute Gasteiger partial charge is 0.260 e. The summed E-state index contributed by atoms with van der Waals surface area (Å²) < 4.78 is 15.4. The molecule has 1 amide bonds. The molecule has 0 aliphatic heterocycles. The third kappa shape index (κ3) is 2.35. The minimum Gasteiger partial charge on any atom is -0.350 e. The monoisotopic (exact) mass is 297 g/mol. The summed E-state index contributed by atoms with van der Waals surface area (Å²) in [5, 5.41) is 0.616. The van der Waals surface area contributed by atoms with Crippen molar-refractivity contribution in [2.24, 2.45) is 7.05 Å². The van der Waals surface area contributed by atoms with Gasteiger partial charge in [-0.15, -0.1) is 0 Å². The second kappa shape index (κ2) is 5.26. The average molecular weight is 297 g/mol. The highest BCUT2D eigenvalue weighted by atomic mass is 19.1. The standard InChI is InChI=1S/C17H16FN3O/c1-11-8-13(6-7-19-11)21(3)17(22)15-10-20(2)16-5-4-12(18)9-14(15)16/h4-10H,1-3H3. The van der Waals surface area contributed by atoms with Crippen LogP contribution in [0, 0.1) is 12.7 Å². The van der Waals surface area contributed by atoms with Gasteiger partial charge in [-0.05, 0) is 37.3 Å². The first kappa shape index (κ1) is 14.3. The van der Waals surface area contributed by atoms with Crippen LogP contribution in [0.2, 0.25) is 0 Å². The number of carbonyl (C=O) groups excluding carboxylic acids is 1. The highest BCUT2D eigenvalue weighted by molar-refractivity contribution is 6.13. The van der Waals surface area contributed by atoms with Crippen LogP contribution in [-0.4, -0.2) is 22.5 Å². The van der Waals surface area contributed by atoms with Crippen molar-refractivity contribution in [3.8, 4) is 0 Å². The Morgan fingerprint density at radius 2 is 2.05 bits per heavy atom. The molecule has 22 heavy (non-hydrogen) atoms. The van der Waals surface area contributed by atoms with Crippen LogP contribution in [0.1, 0.15) is 16.1 Å². The molecule has 3 aromatic rings. The number of anilines is 1. The van der Waals surface area contributed by atoms with E-state index in [4.69, 9.17) is 0 Å². The molecule has 0 saturated heterocycles. The van der Waals surface area contributed by atoms with Gasteiger partial charge in [0.2, 0.25) is 0 Å². The quantitative estimate of drug-likeness (QED) is 0.728. The van der Waals surface area contributed by atoms with Crippen LogP contribution in [0.25, 0.3) is 10.9 Å². The first-order chi connectivity index (χ1) is 10.5. The summed E-state index contributed by atoms with van der Waals surface area (Å²) >= 11 is 0. The SMILES string of the molecule is Cc1cc(N(C)C(=O)c2cn(C)c3ccc(F)cc23)ccn1. The third-order valence-corrected chi connectivity index (χ3v) is 3.75. The van der Waals surface area contributed by atoms with E-state index in [0.717, 1.165) is 16.9 Å². The van der Waals surface area contributed by atoms with Crippen molar-refractivity contribution in [2.75, 3.05) is 11.9 Å². The highest BCUT2D eigenvalue weighted by Crippen LogP contribution is 2.24. The van der Waals surface area contributed by atoms with E-state index in [9.17, 15) is 9.18 Å². The molecule has 5 heteroatoms. The van der Waals surface area contributed by atoms with Crippen molar-refractivity contribution in [3.63, 3.8) is 0 Å². The second-order valence-electron chi connectivity index (χ2n) is 5.33. The van der Waals surface area contributed by atoms with Gasteiger partial charge in [0.1, 0.15) is 5.82 Å². The molecule has 0 unspecified atom stereocenters. The van der Waals surface area contributed by atoms with Crippen molar-refractivity contribution in [3.05, 3.63) is 59.8 Å². The Kier molecular flexibility index (Phi) is 3.41. The molecule has 3 rings (SSSR count). The van der Waals surface area contributed by atoms with E-state index in [1.165, 1.54) is 12.1 Å². The van der Waals surface area contributed by atoms with Crippen molar-refractivity contribution in [1.29, 1.82) is 0 Å². The highest BCUT2D eigenvalue weighted by Gasteiger charge is 2.19. The van der Waals surface area contributed by atoms with Gasteiger partial charge < -0.3 is 9.47 Å². The van der Waals surface area contributed by atoms with E-state index in [-0.39, 0.29) is 11.7 Å².